The smallest absolute Gasteiger partial charge is 0.0625 e. The van der Waals surface area contributed by atoms with E-state index >= 15 is 0 Å². The van der Waals surface area contributed by atoms with Crippen LogP contribution in [0.3, 0.4) is 0 Å². The van der Waals surface area contributed by atoms with Crippen molar-refractivity contribution >= 4 is 15.9 Å². The van der Waals surface area contributed by atoms with Crippen molar-refractivity contribution in [3.05, 3.63) is 46.0 Å². The van der Waals surface area contributed by atoms with Crippen LogP contribution in [0.25, 0.3) is 0 Å². The molecule has 21 heavy (non-hydrogen) atoms. The van der Waals surface area contributed by atoms with Gasteiger partial charge in [-0.15, -0.1) is 0 Å². The maximum absolute atomic E-state index is 4.56. The van der Waals surface area contributed by atoms with E-state index in [4.69, 9.17) is 0 Å². The monoisotopic (exact) mass is 350 g/mol. The Morgan fingerprint density at radius 1 is 1.29 bits per heavy atom. The Kier molecular flexibility index (Phi) is 5.94. The molecule has 0 aromatic carbocycles. The number of nitrogens with zero attached hydrogens (tertiary/aromatic N) is 3. The highest BCUT2D eigenvalue weighted by Crippen LogP contribution is 2.19. The molecule has 4 nitrogen and oxygen atoms in total. The molecule has 1 N–H and O–H groups in total. The Labute approximate surface area is 135 Å². The third-order valence-electron chi connectivity index (χ3n) is 3.53. The second-order valence-corrected chi connectivity index (χ2v) is 6.13. The van der Waals surface area contributed by atoms with Crippen molar-refractivity contribution in [2.45, 2.75) is 39.2 Å². The summed E-state index contributed by atoms with van der Waals surface area (Å²) in [5, 5.41) is 8.18. The molecule has 0 aliphatic heterocycles. The van der Waals surface area contributed by atoms with Gasteiger partial charge >= 0.3 is 0 Å². The van der Waals surface area contributed by atoms with Gasteiger partial charge in [0.05, 0.1) is 17.4 Å². The predicted molar refractivity (Wildman–Crippen MR) is 89.3 cm³/mol. The van der Waals surface area contributed by atoms with Crippen LogP contribution < -0.4 is 5.32 Å². The van der Waals surface area contributed by atoms with Gasteiger partial charge in [0.2, 0.25) is 0 Å². The second kappa shape index (κ2) is 7.71. The van der Waals surface area contributed by atoms with Crippen molar-refractivity contribution in [1.82, 2.24) is 20.1 Å². The topological polar surface area (TPSA) is 42.7 Å². The van der Waals surface area contributed by atoms with Gasteiger partial charge in [-0.05, 0) is 53.5 Å². The minimum atomic E-state index is 0.247. The molecule has 0 amide bonds. The van der Waals surface area contributed by atoms with Crippen molar-refractivity contribution in [2.24, 2.45) is 7.05 Å². The molecule has 0 fully saturated rings. The van der Waals surface area contributed by atoms with Crippen LogP contribution in [0.1, 0.15) is 43.4 Å². The second-order valence-electron chi connectivity index (χ2n) is 5.22. The molecule has 0 aliphatic carbocycles. The molecule has 2 rings (SSSR count). The molecule has 0 radical (unpaired) electrons. The summed E-state index contributed by atoms with van der Waals surface area (Å²) in [5.41, 5.74) is 3.45. The molecule has 5 heteroatoms. The quantitative estimate of drug-likeness (QED) is 0.831. The van der Waals surface area contributed by atoms with E-state index in [-0.39, 0.29) is 6.04 Å². The van der Waals surface area contributed by atoms with Gasteiger partial charge in [-0.3, -0.25) is 9.67 Å². The van der Waals surface area contributed by atoms with Gasteiger partial charge in [-0.2, -0.15) is 5.10 Å². The van der Waals surface area contributed by atoms with E-state index in [1.807, 2.05) is 24.0 Å². The van der Waals surface area contributed by atoms with Crippen LogP contribution in [0.4, 0.5) is 0 Å². The van der Waals surface area contributed by atoms with Crippen molar-refractivity contribution in [3.63, 3.8) is 0 Å². The van der Waals surface area contributed by atoms with E-state index in [9.17, 15) is 0 Å². The van der Waals surface area contributed by atoms with Crippen LogP contribution in [0.2, 0.25) is 0 Å². The van der Waals surface area contributed by atoms with Crippen molar-refractivity contribution < 1.29 is 0 Å². The highest BCUT2D eigenvalue weighted by Gasteiger charge is 2.17. The van der Waals surface area contributed by atoms with Crippen LogP contribution in [0.5, 0.6) is 0 Å². The van der Waals surface area contributed by atoms with E-state index < -0.39 is 0 Å². The first-order chi connectivity index (χ1) is 10.1. The molecular formula is C16H23BrN4. The first-order valence-corrected chi connectivity index (χ1v) is 8.30. The molecule has 0 saturated carbocycles. The molecule has 2 heterocycles. The summed E-state index contributed by atoms with van der Waals surface area (Å²) in [7, 11) is 2.02. The minimum Gasteiger partial charge on any atom is -0.308 e. The van der Waals surface area contributed by atoms with Crippen LogP contribution in [-0.2, 0) is 19.9 Å². The molecule has 1 unspecified atom stereocenters. The number of nitrogens with one attached hydrogen (secondary N) is 1. The lowest BCUT2D eigenvalue weighted by molar-refractivity contribution is 0.489. The normalized spacial score (nSPS) is 12.6. The lowest BCUT2D eigenvalue weighted by Crippen LogP contribution is -2.26. The van der Waals surface area contributed by atoms with E-state index in [2.05, 4.69) is 57.3 Å². The summed E-state index contributed by atoms with van der Waals surface area (Å²) in [4.78, 5) is 4.49. The van der Waals surface area contributed by atoms with E-state index in [1.54, 1.807) is 0 Å². The van der Waals surface area contributed by atoms with Crippen LogP contribution in [-0.4, -0.2) is 21.3 Å². The van der Waals surface area contributed by atoms with Crippen molar-refractivity contribution in [3.8, 4) is 0 Å². The molecule has 2 aromatic heterocycles. The molecule has 1 atom stereocenters. The van der Waals surface area contributed by atoms with Gasteiger partial charge in [0.15, 0.2) is 0 Å². The first kappa shape index (κ1) is 16.2. The minimum absolute atomic E-state index is 0.247. The fourth-order valence-electron chi connectivity index (χ4n) is 2.38. The molecular weight excluding hydrogens is 328 g/mol. The molecule has 0 bridgehead atoms. The zero-order valence-corrected chi connectivity index (χ0v) is 14.5. The predicted octanol–water partition coefficient (Wildman–Crippen LogP) is 3.42. The SMILES string of the molecule is CCCNC(Cc1ccc(Br)cn1)c1cc(CC)nn1C. The Hall–Kier alpha value is -1.20. The van der Waals surface area contributed by atoms with Gasteiger partial charge in [-0.25, -0.2) is 0 Å². The Morgan fingerprint density at radius 3 is 2.67 bits per heavy atom. The number of halogens is 1. The van der Waals surface area contributed by atoms with Gasteiger partial charge in [0.1, 0.15) is 0 Å². The maximum atomic E-state index is 4.56. The van der Waals surface area contributed by atoms with E-state index in [0.717, 1.165) is 41.7 Å². The third-order valence-corrected chi connectivity index (χ3v) is 4.00. The maximum Gasteiger partial charge on any atom is 0.0625 e. The third kappa shape index (κ3) is 4.38. The first-order valence-electron chi connectivity index (χ1n) is 7.50. The highest BCUT2D eigenvalue weighted by molar-refractivity contribution is 9.10. The summed E-state index contributed by atoms with van der Waals surface area (Å²) in [6.07, 6.45) is 4.80. The molecule has 2 aromatic rings. The molecule has 0 saturated heterocycles. The molecule has 0 aliphatic rings. The Bertz CT molecular complexity index is 562. The summed E-state index contributed by atoms with van der Waals surface area (Å²) in [5.74, 6) is 0. The standard InChI is InChI=1S/C16H23BrN4/c1-4-8-18-15(9-14-7-6-12(17)11-19-14)16-10-13(5-2)20-21(16)3/h6-7,10-11,15,18H,4-5,8-9H2,1-3H3. The average Bonchev–Trinajstić information content (AvgIpc) is 2.86. The zero-order valence-electron chi connectivity index (χ0n) is 12.9. The largest absolute Gasteiger partial charge is 0.308 e. The van der Waals surface area contributed by atoms with Gasteiger partial charge in [-0.1, -0.05) is 13.8 Å². The summed E-state index contributed by atoms with van der Waals surface area (Å²) in [6, 6.07) is 6.56. The fraction of sp³-hybridized carbons (Fsp3) is 0.500. The van der Waals surface area contributed by atoms with Gasteiger partial charge in [0.25, 0.3) is 0 Å². The molecule has 114 valence electrons. The van der Waals surface area contributed by atoms with E-state index in [0.29, 0.717) is 0 Å². The van der Waals surface area contributed by atoms with Crippen LogP contribution in [0.15, 0.2) is 28.9 Å². The lowest BCUT2D eigenvalue weighted by Gasteiger charge is -2.18. The number of rotatable bonds is 7. The van der Waals surface area contributed by atoms with Crippen molar-refractivity contribution in [2.75, 3.05) is 6.54 Å². The van der Waals surface area contributed by atoms with Crippen LogP contribution in [0, 0.1) is 0 Å². The van der Waals surface area contributed by atoms with Gasteiger partial charge in [0, 0.05) is 29.8 Å². The number of aromatic nitrogens is 3. The average molecular weight is 351 g/mol. The fourth-order valence-corrected chi connectivity index (χ4v) is 2.61. The Balaban J connectivity index is 2.20. The van der Waals surface area contributed by atoms with Gasteiger partial charge < -0.3 is 5.32 Å². The Morgan fingerprint density at radius 2 is 2.10 bits per heavy atom. The number of hydrogen-bond acceptors (Lipinski definition) is 3. The highest BCUT2D eigenvalue weighted by atomic mass is 79.9. The molecule has 0 spiro atoms. The van der Waals surface area contributed by atoms with E-state index in [1.165, 1.54) is 5.69 Å². The summed E-state index contributed by atoms with van der Waals surface area (Å²) in [6.45, 7) is 5.31. The summed E-state index contributed by atoms with van der Waals surface area (Å²) < 4.78 is 3.00. The van der Waals surface area contributed by atoms with Crippen LogP contribution >= 0.6 is 15.9 Å². The number of pyridine rings is 1. The van der Waals surface area contributed by atoms with Crippen molar-refractivity contribution in [1.29, 1.82) is 0 Å². The number of hydrogen-bond donors (Lipinski definition) is 1. The summed E-state index contributed by atoms with van der Waals surface area (Å²) >= 11 is 3.43. The number of aryl methyl sites for hydroxylation is 2. The lowest BCUT2D eigenvalue weighted by atomic mass is 10.1. The zero-order chi connectivity index (χ0) is 15.2.